The Morgan fingerprint density at radius 3 is 2.50 bits per heavy atom. The molecule has 0 amide bonds. The van der Waals surface area contributed by atoms with Crippen LogP contribution in [0, 0.1) is 6.92 Å². The molecule has 1 unspecified atom stereocenters. The number of fused-ring (bicyclic) bond motifs is 1. The molecule has 0 spiro atoms. The van der Waals surface area contributed by atoms with Crippen molar-refractivity contribution in [3.8, 4) is 0 Å². The summed E-state index contributed by atoms with van der Waals surface area (Å²) in [7, 11) is -3.63. The summed E-state index contributed by atoms with van der Waals surface area (Å²) < 4.78 is 27.8. The molecule has 0 aliphatic carbocycles. The van der Waals surface area contributed by atoms with Crippen molar-refractivity contribution < 1.29 is 8.42 Å². The van der Waals surface area contributed by atoms with Gasteiger partial charge in [0.25, 0.3) is 10.0 Å². The first kappa shape index (κ1) is 16.6. The molecule has 2 heterocycles. The molecule has 0 saturated carbocycles. The Labute approximate surface area is 153 Å². The summed E-state index contributed by atoms with van der Waals surface area (Å²) in [4.78, 5) is 4.48. The Hall–Kier alpha value is -2.86. The lowest BCUT2D eigenvalue weighted by Crippen LogP contribution is -2.31. The van der Waals surface area contributed by atoms with Crippen LogP contribution in [-0.4, -0.2) is 19.9 Å². The van der Waals surface area contributed by atoms with Crippen molar-refractivity contribution in [2.45, 2.75) is 17.9 Å². The number of anilines is 2. The van der Waals surface area contributed by atoms with Gasteiger partial charge in [-0.15, -0.1) is 0 Å². The van der Waals surface area contributed by atoms with E-state index in [0.717, 1.165) is 16.8 Å². The predicted molar refractivity (Wildman–Crippen MR) is 103 cm³/mol. The van der Waals surface area contributed by atoms with E-state index in [-0.39, 0.29) is 6.04 Å². The van der Waals surface area contributed by atoms with Gasteiger partial charge in [-0.1, -0.05) is 35.9 Å². The molecule has 0 saturated heterocycles. The Bertz CT molecular complexity index is 1020. The monoisotopic (exact) mass is 365 g/mol. The molecule has 26 heavy (non-hydrogen) atoms. The zero-order valence-corrected chi connectivity index (χ0v) is 15.1. The van der Waals surface area contributed by atoms with E-state index in [1.54, 1.807) is 30.6 Å². The van der Waals surface area contributed by atoms with Crippen LogP contribution in [0.15, 0.2) is 78.0 Å². The number of benzene rings is 2. The van der Waals surface area contributed by atoms with Crippen molar-refractivity contribution in [1.29, 1.82) is 0 Å². The van der Waals surface area contributed by atoms with E-state index in [1.165, 1.54) is 4.31 Å². The van der Waals surface area contributed by atoms with Gasteiger partial charge in [0.2, 0.25) is 0 Å². The third kappa shape index (κ3) is 2.93. The highest BCUT2D eigenvalue weighted by atomic mass is 32.2. The third-order valence-corrected chi connectivity index (χ3v) is 6.34. The molecular weight excluding hydrogens is 346 g/mol. The number of pyridine rings is 1. The number of rotatable bonds is 4. The van der Waals surface area contributed by atoms with Crippen LogP contribution in [0.2, 0.25) is 0 Å². The average molecular weight is 365 g/mol. The summed E-state index contributed by atoms with van der Waals surface area (Å²) >= 11 is 0. The number of sulfonamides is 1. The van der Waals surface area contributed by atoms with Crippen LogP contribution in [0.3, 0.4) is 0 Å². The van der Waals surface area contributed by atoms with Gasteiger partial charge in [0.1, 0.15) is 0 Å². The normalized spacial score (nSPS) is 16.3. The van der Waals surface area contributed by atoms with Crippen molar-refractivity contribution >= 4 is 21.4 Å². The minimum absolute atomic E-state index is 0.152. The first-order chi connectivity index (χ1) is 12.6. The van der Waals surface area contributed by atoms with E-state index < -0.39 is 10.0 Å². The van der Waals surface area contributed by atoms with Gasteiger partial charge >= 0.3 is 0 Å². The first-order valence-electron chi connectivity index (χ1n) is 8.40. The SMILES string of the molecule is Cc1ccc(S(=O)(=O)N2CC(Nc3ccccc3)c3cnccc32)cc1. The van der Waals surface area contributed by atoms with Crippen molar-refractivity contribution in [2.75, 3.05) is 16.2 Å². The van der Waals surface area contributed by atoms with Gasteiger partial charge < -0.3 is 5.32 Å². The van der Waals surface area contributed by atoms with Crippen molar-refractivity contribution in [2.24, 2.45) is 0 Å². The highest BCUT2D eigenvalue weighted by Gasteiger charge is 2.36. The van der Waals surface area contributed by atoms with E-state index in [9.17, 15) is 8.42 Å². The summed E-state index contributed by atoms with van der Waals surface area (Å²) in [5.74, 6) is 0. The van der Waals surface area contributed by atoms with Crippen molar-refractivity contribution in [3.63, 3.8) is 0 Å². The van der Waals surface area contributed by atoms with Crippen molar-refractivity contribution in [1.82, 2.24) is 4.98 Å². The van der Waals surface area contributed by atoms with Crippen LogP contribution in [0.4, 0.5) is 11.4 Å². The number of hydrogen-bond donors (Lipinski definition) is 1. The number of nitrogens with one attached hydrogen (secondary N) is 1. The molecule has 1 atom stereocenters. The molecule has 0 bridgehead atoms. The Morgan fingerprint density at radius 1 is 1.04 bits per heavy atom. The molecule has 1 N–H and O–H groups in total. The fourth-order valence-electron chi connectivity index (χ4n) is 3.18. The fraction of sp³-hybridized carbons (Fsp3) is 0.150. The maximum Gasteiger partial charge on any atom is 0.264 e. The topological polar surface area (TPSA) is 62.3 Å². The standard InChI is InChI=1S/C20H19N3O2S/c1-15-7-9-17(10-8-15)26(24,25)23-14-19(18-13-21-12-11-20(18)23)22-16-5-3-2-4-6-16/h2-13,19,22H,14H2,1H3. The highest BCUT2D eigenvalue weighted by molar-refractivity contribution is 7.92. The van der Waals surface area contributed by atoms with Gasteiger partial charge in [-0.05, 0) is 37.3 Å². The minimum atomic E-state index is -3.63. The molecule has 5 nitrogen and oxygen atoms in total. The van der Waals surface area contributed by atoms with E-state index >= 15 is 0 Å². The van der Waals surface area contributed by atoms with Gasteiger partial charge in [-0.25, -0.2) is 8.42 Å². The maximum atomic E-state index is 13.2. The Kier molecular flexibility index (Phi) is 4.12. The second-order valence-electron chi connectivity index (χ2n) is 6.35. The lowest BCUT2D eigenvalue weighted by Gasteiger charge is -2.20. The minimum Gasteiger partial charge on any atom is -0.376 e. The molecule has 1 aliphatic rings. The van der Waals surface area contributed by atoms with Crippen molar-refractivity contribution in [3.05, 3.63) is 84.2 Å². The van der Waals surface area contributed by atoms with Gasteiger partial charge in [-0.2, -0.15) is 0 Å². The number of para-hydroxylation sites is 1. The number of hydrogen-bond acceptors (Lipinski definition) is 4. The number of aryl methyl sites for hydroxylation is 1. The van der Waals surface area contributed by atoms with E-state index in [1.807, 2.05) is 49.4 Å². The average Bonchev–Trinajstić information content (AvgIpc) is 3.02. The van der Waals surface area contributed by atoms with Crippen LogP contribution in [0.1, 0.15) is 17.2 Å². The summed E-state index contributed by atoms with van der Waals surface area (Å²) in [6.07, 6.45) is 3.36. The van der Waals surface area contributed by atoms with Gasteiger partial charge in [0, 0.05) is 23.6 Å². The zero-order valence-electron chi connectivity index (χ0n) is 14.3. The molecule has 0 radical (unpaired) electrons. The summed E-state index contributed by atoms with van der Waals surface area (Å²) in [5, 5.41) is 3.41. The summed E-state index contributed by atoms with van der Waals surface area (Å²) in [6.45, 7) is 2.26. The largest absolute Gasteiger partial charge is 0.376 e. The van der Waals surface area contributed by atoms with Crippen LogP contribution in [0.25, 0.3) is 0 Å². The molecule has 0 fully saturated rings. The molecule has 1 aromatic heterocycles. The van der Waals surface area contributed by atoms with Gasteiger partial charge in [0.05, 0.1) is 23.2 Å². The van der Waals surface area contributed by atoms with E-state index in [2.05, 4.69) is 10.3 Å². The number of nitrogens with zero attached hydrogens (tertiary/aromatic N) is 2. The molecule has 132 valence electrons. The van der Waals surface area contributed by atoms with Gasteiger partial charge in [0.15, 0.2) is 0 Å². The smallest absolute Gasteiger partial charge is 0.264 e. The molecule has 4 rings (SSSR count). The maximum absolute atomic E-state index is 13.2. The molecule has 3 aromatic rings. The molecule has 1 aliphatic heterocycles. The Balaban J connectivity index is 1.71. The summed E-state index contributed by atoms with van der Waals surface area (Å²) in [6, 6.07) is 18.3. The highest BCUT2D eigenvalue weighted by Crippen LogP contribution is 2.39. The molecule has 2 aromatic carbocycles. The fourth-order valence-corrected chi connectivity index (χ4v) is 4.69. The number of aromatic nitrogens is 1. The lowest BCUT2D eigenvalue weighted by atomic mass is 10.1. The quantitative estimate of drug-likeness (QED) is 0.765. The van der Waals surface area contributed by atoms with Crippen LogP contribution in [-0.2, 0) is 10.0 Å². The Morgan fingerprint density at radius 2 is 1.77 bits per heavy atom. The second-order valence-corrected chi connectivity index (χ2v) is 8.21. The lowest BCUT2D eigenvalue weighted by molar-refractivity contribution is 0.590. The van der Waals surface area contributed by atoms with Crippen LogP contribution in [0.5, 0.6) is 0 Å². The van der Waals surface area contributed by atoms with Crippen LogP contribution >= 0.6 is 0 Å². The molecule has 6 heteroatoms. The summed E-state index contributed by atoms with van der Waals surface area (Å²) in [5.41, 5.74) is 3.53. The first-order valence-corrected chi connectivity index (χ1v) is 9.84. The molecular formula is C20H19N3O2S. The van der Waals surface area contributed by atoms with Gasteiger partial charge in [-0.3, -0.25) is 9.29 Å². The second kappa shape index (κ2) is 6.46. The predicted octanol–water partition coefficient (Wildman–Crippen LogP) is 3.75. The van der Waals surface area contributed by atoms with E-state index in [0.29, 0.717) is 17.1 Å². The van der Waals surface area contributed by atoms with E-state index in [4.69, 9.17) is 0 Å². The van der Waals surface area contributed by atoms with Crippen LogP contribution < -0.4 is 9.62 Å². The third-order valence-electron chi connectivity index (χ3n) is 4.54. The zero-order chi connectivity index (χ0) is 18.1.